The normalized spacial score (nSPS) is 10.9. The molecule has 4 heteroatoms. The smallest absolute Gasteiger partial charge is 0.126 e. The lowest BCUT2D eigenvalue weighted by molar-refractivity contribution is 0.414. The molecule has 0 N–H and O–H groups in total. The molecule has 0 saturated heterocycles. The van der Waals surface area contributed by atoms with E-state index in [2.05, 4.69) is 24.3 Å². The van der Waals surface area contributed by atoms with Gasteiger partial charge in [0.05, 0.1) is 28.4 Å². The molecule has 29 heavy (non-hydrogen) atoms. The second-order valence-electron chi connectivity index (χ2n) is 6.85. The van der Waals surface area contributed by atoms with Crippen molar-refractivity contribution in [2.75, 3.05) is 28.4 Å². The molecule has 0 saturated carbocycles. The van der Waals surface area contributed by atoms with Crippen LogP contribution in [0.1, 0.15) is 11.1 Å². The van der Waals surface area contributed by atoms with Crippen molar-refractivity contribution in [1.82, 2.24) is 0 Å². The van der Waals surface area contributed by atoms with Gasteiger partial charge in [-0.15, -0.1) is 0 Å². The van der Waals surface area contributed by atoms with E-state index in [0.29, 0.717) is 0 Å². The summed E-state index contributed by atoms with van der Waals surface area (Å²) < 4.78 is 22.0. The van der Waals surface area contributed by atoms with E-state index in [4.69, 9.17) is 18.9 Å². The average molecular weight is 388 g/mol. The van der Waals surface area contributed by atoms with Gasteiger partial charge < -0.3 is 18.9 Å². The van der Waals surface area contributed by atoms with Crippen LogP contribution in [0.3, 0.4) is 0 Å². The molecule has 4 nitrogen and oxygen atoms in total. The Morgan fingerprint density at radius 1 is 0.483 bits per heavy atom. The lowest BCUT2D eigenvalue weighted by Crippen LogP contribution is -1.96. The molecule has 0 spiro atoms. The molecular formula is C25H24O4. The van der Waals surface area contributed by atoms with Crippen LogP contribution in [0.5, 0.6) is 23.0 Å². The third kappa shape index (κ3) is 3.42. The molecule has 0 radical (unpaired) electrons. The Labute approximate surface area is 170 Å². The first-order chi connectivity index (χ1) is 14.2. The highest BCUT2D eigenvalue weighted by Gasteiger charge is 2.12. The molecule has 4 aromatic rings. The van der Waals surface area contributed by atoms with Crippen LogP contribution in [-0.4, -0.2) is 28.4 Å². The summed E-state index contributed by atoms with van der Waals surface area (Å²) in [6.45, 7) is 0. The van der Waals surface area contributed by atoms with Crippen LogP contribution < -0.4 is 18.9 Å². The molecule has 0 bridgehead atoms. The van der Waals surface area contributed by atoms with Crippen molar-refractivity contribution in [2.24, 2.45) is 0 Å². The van der Waals surface area contributed by atoms with Crippen LogP contribution in [0.4, 0.5) is 0 Å². The Hall–Kier alpha value is -3.40. The Morgan fingerprint density at radius 3 is 1.31 bits per heavy atom. The highest BCUT2D eigenvalue weighted by atomic mass is 16.5. The van der Waals surface area contributed by atoms with Gasteiger partial charge in [-0.3, -0.25) is 0 Å². The van der Waals surface area contributed by atoms with Crippen LogP contribution in [0.2, 0.25) is 0 Å². The fourth-order valence-electron chi connectivity index (χ4n) is 3.84. The van der Waals surface area contributed by atoms with Crippen molar-refractivity contribution in [2.45, 2.75) is 6.42 Å². The molecule has 0 aliphatic heterocycles. The van der Waals surface area contributed by atoms with Crippen molar-refractivity contribution in [1.29, 1.82) is 0 Å². The summed E-state index contributed by atoms with van der Waals surface area (Å²) in [6.07, 6.45) is 0.765. The number of methoxy groups -OCH3 is 4. The van der Waals surface area contributed by atoms with Crippen LogP contribution in [-0.2, 0) is 6.42 Å². The Bertz CT molecular complexity index is 1090. The van der Waals surface area contributed by atoms with Gasteiger partial charge >= 0.3 is 0 Å². The van der Waals surface area contributed by atoms with E-state index in [0.717, 1.165) is 51.0 Å². The summed E-state index contributed by atoms with van der Waals surface area (Å²) >= 11 is 0. The molecule has 4 rings (SSSR count). The monoisotopic (exact) mass is 388 g/mol. The predicted octanol–water partition coefficient (Wildman–Crippen LogP) is 5.62. The SMILES string of the molecule is COc1ccc2c(OC)ccc(Cc3ccc(OC)c4ccc(OC)cc34)c2c1. The lowest BCUT2D eigenvalue weighted by atomic mass is 9.94. The second kappa shape index (κ2) is 7.92. The van der Waals surface area contributed by atoms with E-state index in [9.17, 15) is 0 Å². The number of fused-ring (bicyclic) bond motifs is 2. The quantitative estimate of drug-likeness (QED) is 0.430. The van der Waals surface area contributed by atoms with Gasteiger partial charge in [0.15, 0.2) is 0 Å². The third-order valence-electron chi connectivity index (χ3n) is 5.37. The highest BCUT2D eigenvalue weighted by Crippen LogP contribution is 2.36. The minimum Gasteiger partial charge on any atom is -0.497 e. The van der Waals surface area contributed by atoms with E-state index in [1.165, 1.54) is 11.1 Å². The summed E-state index contributed by atoms with van der Waals surface area (Å²) in [7, 11) is 6.76. The molecule has 0 heterocycles. The predicted molar refractivity (Wildman–Crippen MR) is 117 cm³/mol. The first-order valence-electron chi connectivity index (χ1n) is 9.45. The Kier molecular flexibility index (Phi) is 5.17. The van der Waals surface area contributed by atoms with Gasteiger partial charge in [-0.2, -0.15) is 0 Å². The largest absolute Gasteiger partial charge is 0.497 e. The van der Waals surface area contributed by atoms with E-state index in [1.54, 1.807) is 28.4 Å². The Balaban J connectivity index is 1.90. The first-order valence-corrected chi connectivity index (χ1v) is 9.45. The summed E-state index contributed by atoms with van der Waals surface area (Å²) in [5.74, 6) is 3.36. The summed E-state index contributed by atoms with van der Waals surface area (Å²) in [4.78, 5) is 0. The molecule has 0 fully saturated rings. The number of rotatable bonds is 6. The number of ether oxygens (including phenoxy) is 4. The molecular weight excluding hydrogens is 364 g/mol. The first kappa shape index (κ1) is 18.9. The maximum Gasteiger partial charge on any atom is 0.126 e. The lowest BCUT2D eigenvalue weighted by Gasteiger charge is -2.15. The van der Waals surface area contributed by atoms with Gasteiger partial charge in [-0.05, 0) is 76.9 Å². The zero-order valence-electron chi connectivity index (χ0n) is 17.1. The summed E-state index contributed by atoms with van der Waals surface area (Å²) in [5.41, 5.74) is 2.41. The molecule has 0 aliphatic rings. The number of hydrogen-bond donors (Lipinski definition) is 0. The van der Waals surface area contributed by atoms with Crippen molar-refractivity contribution < 1.29 is 18.9 Å². The van der Waals surface area contributed by atoms with Crippen molar-refractivity contribution in [3.63, 3.8) is 0 Å². The fourth-order valence-corrected chi connectivity index (χ4v) is 3.84. The van der Waals surface area contributed by atoms with Gasteiger partial charge in [-0.1, -0.05) is 12.1 Å². The highest BCUT2D eigenvalue weighted by molar-refractivity contribution is 5.95. The molecule has 0 aromatic heterocycles. The van der Waals surface area contributed by atoms with E-state index >= 15 is 0 Å². The number of benzene rings is 4. The standard InChI is InChI=1S/C25H24O4/c1-26-18-7-9-20-22(14-18)16(5-11-24(20)28-3)13-17-6-12-25(29-4)21-10-8-19(27-2)15-23(17)21/h5-12,14-15H,13H2,1-4H3. The van der Waals surface area contributed by atoms with Gasteiger partial charge in [0, 0.05) is 10.8 Å². The van der Waals surface area contributed by atoms with Crippen LogP contribution in [0, 0.1) is 0 Å². The zero-order chi connectivity index (χ0) is 20.4. The van der Waals surface area contributed by atoms with Crippen LogP contribution >= 0.6 is 0 Å². The minimum atomic E-state index is 0.765. The van der Waals surface area contributed by atoms with Crippen molar-refractivity contribution in [3.05, 3.63) is 71.8 Å². The zero-order valence-corrected chi connectivity index (χ0v) is 17.1. The molecule has 0 unspecified atom stereocenters. The number of hydrogen-bond acceptors (Lipinski definition) is 4. The summed E-state index contributed by atoms with van der Waals surface area (Å²) in [5, 5.41) is 4.38. The van der Waals surface area contributed by atoms with Crippen LogP contribution in [0.15, 0.2) is 60.7 Å². The average Bonchev–Trinajstić information content (AvgIpc) is 2.78. The fraction of sp³-hybridized carbons (Fsp3) is 0.200. The van der Waals surface area contributed by atoms with Crippen molar-refractivity contribution >= 4 is 21.5 Å². The molecule has 0 aliphatic carbocycles. The molecule has 0 atom stereocenters. The van der Waals surface area contributed by atoms with E-state index in [1.807, 2.05) is 36.4 Å². The second-order valence-corrected chi connectivity index (χ2v) is 6.85. The molecule has 4 aromatic carbocycles. The maximum atomic E-state index is 5.56. The van der Waals surface area contributed by atoms with Gasteiger partial charge in [0.2, 0.25) is 0 Å². The van der Waals surface area contributed by atoms with Crippen LogP contribution in [0.25, 0.3) is 21.5 Å². The van der Waals surface area contributed by atoms with E-state index in [-0.39, 0.29) is 0 Å². The van der Waals surface area contributed by atoms with E-state index < -0.39 is 0 Å². The van der Waals surface area contributed by atoms with Crippen molar-refractivity contribution in [3.8, 4) is 23.0 Å². The maximum absolute atomic E-state index is 5.56. The third-order valence-corrected chi connectivity index (χ3v) is 5.37. The molecule has 148 valence electrons. The minimum absolute atomic E-state index is 0.765. The topological polar surface area (TPSA) is 36.9 Å². The molecule has 0 amide bonds. The van der Waals surface area contributed by atoms with Gasteiger partial charge in [-0.25, -0.2) is 0 Å². The van der Waals surface area contributed by atoms with Gasteiger partial charge in [0.25, 0.3) is 0 Å². The summed E-state index contributed by atoms with van der Waals surface area (Å²) in [6, 6.07) is 20.4. The Morgan fingerprint density at radius 2 is 0.931 bits per heavy atom. The van der Waals surface area contributed by atoms with Gasteiger partial charge in [0.1, 0.15) is 23.0 Å².